The number of hydrogen-bond donors (Lipinski definition) is 3. The zero-order valence-electron chi connectivity index (χ0n) is 15.7. The molecule has 3 unspecified atom stereocenters. The fourth-order valence-corrected chi connectivity index (χ4v) is 4.30. The van der Waals surface area contributed by atoms with E-state index in [1.54, 1.807) is 11.0 Å². The van der Waals surface area contributed by atoms with Crippen LogP contribution in [0.1, 0.15) is 47.2 Å². The minimum absolute atomic E-state index is 0.187. The molecule has 3 amide bonds. The molecule has 0 spiro atoms. The highest BCUT2D eigenvalue weighted by Crippen LogP contribution is 2.30. The molecular weight excluding hydrogens is 363 g/mol. The Balaban J connectivity index is 1.48. The molecule has 2 fully saturated rings. The second-order valence-corrected chi connectivity index (χ2v) is 7.69. The number of hydrogen-bond acceptors (Lipinski definition) is 5. The minimum atomic E-state index is -0.944. The number of carbonyl (C=O) groups excluding carboxylic acids is 3. The Morgan fingerprint density at radius 2 is 2.07 bits per heavy atom. The summed E-state index contributed by atoms with van der Waals surface area (Å²) in [6.45, 7) is 2.00. The molecule has 3 atom stereocenters. The van der Waals surface area contributed by atoms with E-state index in [1.165, 1.54) is 0 Å². The van der Waals surface area contributed by atoms with Gasteiger partial charge in [0.15, 0.2) is 0 Å². The Bertz CT molecular complexity index is 800. The van der Waals surface area contributed by atoms with Crippen LogP contribution in [0.2, 0.25) is 0 Å². The molecular formula is C20H25FN4O3. The van der Waals surface area contributed by atoms with Crippen LogP contribution in [-0.2, 0) is 22.7 Å². The number of nitrogens with zero attached hydrogens (tertiary/aromatic N) is 1. The predicted octanol–water partition coefficient (Wildman–Crippen LogP) is 0.627. The third kappa shape index (κ3) is 3.66. The molecule has 1 aromatic rings. The lowest BCUT2D eigenvalue weighted by Gasteiger charge is -2.29. The van der Waals surface area contributed by atoms with Gasteiger partial charge in [-0.05, 0) is 43.0 Å². The van der Waals surface area contributed by atoms with E-state index >= 15 is 0 Å². The summed E-state index contributed by atoms with van der Waals surface area (Å²) in [6, 6.07) is 4.69. The van der Waals surface area contributed by atoms with Gasteiger partial charge in [-0.3, -0.25) is 19.7 Å². The van der Waals surface area contributed by atoms with E-state index in [1.807, 2.05) is 12.1 Å². The molecule has 3 heterocycles. The van der Waals surface area contributed by atoms with Gasteiger partial charge >= 0.3 is 0 Å². The fourth-order valence-electron chi connectivity index (χ4n) is 4.30. The van der Waals surface area contributed by atoms with Gasteiger partial charge < -0.3 is 15.5 Å². The first kappa shape index (κ1) is 19.0. The molecule has 3 aliphatic rings. The zero-order chi connectivity index (χ0) is 19.7. The number of fused-ring (bicyclic) bond motifs is 1. The van der Waals surface area contributed by atoms with Crippen LogP contribution < -0.4 is 16.0 Å². The van der Waals surface area contributed by atoms with E-state index in [4.69, 9.17) is 0 Å². The third-order valence-corrected chi connectivity index (χ3v) is 5.88. The van der Waals surface area contributed by atoms with Gasteiger partial charge in [-0.1, -0.05) is 12.1 Å². The Kier molecular flexibility index (Phi) is 5.41. The average Bonchev–Trinajstić information content (AvgIpc) is 2.87. The lowest BCUT2D eigenvalue weighted by Crippen LogP contribution is -2.52. The van der Waals surface area contributed by atoms with Crippen LogP contribution in [0.5, 0.6) is 0 Å². The highest BCUT2D eigenvalue weighted by atomic mass is 19.1. The third-order valence-electron chi connectivity index (χ3n) is 5.88. The Hall–Kier alpha value is -2.32. The van der Waals surface area contributed by atoms with Crippen LogP contribution in [0.25, 0.3) is 0 Å². The van der Waals surface area contributed by atoms with Gasteiger partial charge in [-0.2, -0.15) is 0 Å². The molecule has 0 bridgehead atoms. The SMILES string of the molecule is O=C1CCC(N2Cc3c(CNC4CCCNCC4F)cccc3C2=O)C(=O)N1. The van der Waals surface area contributed by atoms with E-state index in [9.17, 15) is 18.8 Å². The van der Waals surface area contributed by atoms with E-state index in [0.717, 1.165) is 30.5 Å². The summed E-state index contributed by atoms with van der Waals surface area (Å²) in [4.78, 5) is 38.0. The first-order valence-electron chi connectivity index (χ1n) is 9.88. The highest BCUT2D eigenvalue weighted by Gasteiger charge is 2.39. The standard InChI is InChI=1S/C20H25FN4O3/c21-15-10-22-8-2-5-16(15)23-9-12-3-1-4-13-14(12)11-25(20(13)28)17-6-7-18(26)24-19(17)27/h1,3-4,15-17,22-23H,2,5-11H2,(H,24,26,27). The zero-order valence-corrected chi connectivity index (χ0v) is 15.7. The number of rotatable bonds is 4. The number of nitrogens with one attached hydrogen (secondary N) is 3. The van der Waals surface area contributed by atoms with Gasteiger partial charge in [0.1, 0.15) is 12.2 Å². The number of halogens is 1. The summed E-state index contributed by atoms with van der Waals surface area (Å²) in [5.41, 5.74) is 2.42. The van der Waals surface area contributed by atoms with Gasteiger partial charge in [0.2, 0.25) is 11.8 Å². The first-order valence-corrected chi connectivity index (χ1v) is 9.88. The average molecular weight is 388 g/mol. The van der Waals surface area contributed by atoms with Crippen molar-refractivity contribution in [3.8, 4) is 0 Å². The maximum absolute atomic E-state index is 14.3. The van der Waals surface area contributed by atoms with Crippen molar-refractivity contribution < 1.29 is 18.8 Å². The van der Waals surface area contributed by atoms with Crippen molar-refractivity contribution in [3.05, 3.63) is 34.9 Å². The van der Waals surface area contributed by atoms with Crippen LogP contribution in [0.3, 0.4) is 0 Å². The first-order chi connectivity index (χ1) is 13.5. The van der Waals surface area contributed by atoms with Crippen molar-refractivity contribution in [1.82, 2.24) is 20.9 Å². The van der Waals surface area contributed by atoms with Gasteiger partial charge in [0.05, 0.1) is 0 Å². The quantitative estimate of drug-likeness (QED) is 0.658. The van der Waals surface area contributed by atoms with Crippen molar-refractivity contribution in [1.29, 1.82) is 0 Å². The molecule has 3 aliphatic heterocycles. The van der Waals surface area contributed by atoms with Crippen LogP contribution in [0, 0.1) is 0 Å². The van der Waals surface area contributed by atoms with E-state index in [-0.39, 0.29) is 24.3 Å². The number of benzene rings is 1. The highest BCUT2D eigenvalue weighted by molar-refractivity contribution is 6.05. The molecule has 150 valence electrons. The number of amides is 3. The molecule has 3 N–H and O–H groups in total. The van der Waals surface area contributed by atoms with Crippen LogP contribution >= 0.6 is 0 Å². The fraction of sp³-hybridized carbons (Fsp3) is 0.550. The van der Waals surface area contributed by atoms with Gasteiger partial charge in [-0.25, -0.2) is 4.39 Å². The summed E-state index contributed by atoms with van der Waals surface area (Å²) >= 11 is 0. The number of piperidine rings is 1. The van der Waals surface area contributed by atoms with E-state index < -0.39 is 18.1 Å². The van der Waals surface area contributed by atoms with Crippen molar-refractivity contribution in [2.75, 3.05) is 13.1 Å². The Labute approximate surface area is 163 Å². The summed E-state index contributed by atoms with van der Waals surface area (Å²) < 4.78 is 14.3. The van der Waals surface area contributed by atoms with Crippen LogP contribution in [-0.4, -0.2) is 54.0 Å². The topological polar surface area (TPSA) is 90.5 Å². The molecule has 0 radical (unpaired) electrons. The Morgan fingerprint density at radius 3 is 2.89 bits per heavy atom. The van der Waals surface area contributed by atoms with Crippen molar-refractivity contribution in [2.24, 2.45) is 0 Å². The molecule has 0 saturated carbocycles. The predicted molar refractivity (Wildman–Crippen MR) is 100 cm³/mol. The second-order valence-electron chi connectivity index (χ2n) is 7.69. The van der Waals surface area contributed by atoms with E-state index in [0.29, 0.717) is 31.6 Å². The Morgan fingerprint density at radius 1 is 1.21 bits per heavy atom. The second kappa shape index (κ2) is 7.97. The summed E-state index contributed by atoms with van der Waals surface area (Å²) in [5.74, 6) is -0.898. The molecule has 0 aromatic heterocycles. The monoisotopic (exact) mass is 388 g/mol. The molecule has 0 aliphatic carbocycles. The number of alkyl halides is 1. The number of imide groups is 1. The van der Waals surface area contributed by atoms with E-state index in [2.05, 4.69) is 16.0 Å². The van der Waals surface area contributed by atoms with Gasteiger partial charge in [0.25, 0.3) is 5.91 Å². The van der Waals surface area contributed by atoms with Crippen molar-refractivity contribution in [3.63, 3.8) is 0 Å². The summed E-state index contributed by atoms with van der Waals surface area (Å²) in [7, 11) is 0. The van der Waals surface area contributed by atoms with Crippen molar-refractivity contribution >= 4 is 17.7 Å². The lowest BCUT2D eigenvalue weighted by atomic mass is 10.0. The molecule has 2 saturated heterocycles. The maximum atomic E-state index is 14.3. The maximum Gasteiger partial charge on any atom is 0.255 e. The van der Waals surface area contributed by atoms with Crippen molar-refractivity contribution in [2.45, 2.75) is 57.0 Å². The molecule has 4 rings (SSSR count). The summed E-state index contributed by atoms with van der Waals surface area (Å²) in [5, 5.41) is 8.72. The normalized spacial score (nSPS) is 28.1. The minimum Gasteiger partial charge on any atom is -0.322 e. The lowest BCUT2D eigenvalue weighted by molar-refractivity contribution is -0.136. The van der Waals surface area contributed by atoms with Gasteiger partial charge in [0, 0.05) is 37.7 Å². The van der Waals surface area contributed by atoms with Crippen LogP contribution in [0.4, 0.5) is 4.39 Å². The molecule has 28 heavy (non-hydrogen) atoms. The summed E-state index contributed by atoms with van der Waals surface area (Å²) in [6.07, 6.45) is 1.33. The van der Waals surface area contributed by atoms with Crippen LogP contribution in [0.15, 0.2) is 18.2 Å². The number of carbonyl (C=O) groups is 3. The molecule has 7 nitrogen and oxygen atoms in total. The molecule has 8 heteroatoms. The van der Waals surface area contributed by atoms with Gasteiger partial charge in [-0.15, -0.1) is 0 Å². The molecule has 1 aromatic carbocycles. The smallest absolute Gasteiger partial charge is 0.255 e. The largest absolute Gasteiger partial charge is 0.322 e.